The Morgan fingerprint density at radius 2 is 1.40 bits per heavy atom. The van der Waals surface area contributed by atoms with Gasteiger partial charge in [0.1, 0.15) is 31.0 Å². The molecule has 3 fully saturated rings. The van der Waals surface area contributed by atoms with Gasteiger partial charge in [-0.25, -0.2) is 46.5 Å². The lowest BCUT2D eigenvalue weighted by Gasteiger charge is -2.40. The van der Waals surface area contributed by atoms with Gasteiger partial charge in [0.25, 0.3) is 0 Å². The molecule has 5 atom stereocenters. The first-order valence-electron chi connectivity index (χ1n) is 19.8. The fourth-order valence-electron chi connectivity index (χ4n) is 7.70. The van der Waals surface area contributed by atoms with Crippen LogP contribution >= 0.6 is 0 Å². The molecule has 3 aliphatic rings. The van der Waals surface area contributed by atoms with Gasteiger partial charge in [0.2, 0.25) is 0 Å². The van der Waals surface area contributed by atoms with E-state index in [0.29, 0.717) is 19.3 Å². The smallest absolute Gasteiger partial charge is 0.425 e. The topological polar surface area (TPSA) is 177 Å². The molecule has 330 valence electrons. The maximum absolute atomic E-state index is 13.7. The van der Waals surface area contributed by atoms with E-state index in [2.05, 4.69) is 16.7 Å². The average molecular weight is 874 g/mol. The minimum atomic E-state index is -1.09. The Morgan fingerprint density at radius 1 is 0.794 bits per heavy atom. The van der Waals surface area contributed by atoms with Crippen molar-refractivity contribution in [2.45, 2.75) is 56.7 Å². The van der Waals surface area contributed by atoms with E-state index in [-0.39, 0.29) is 49.2 Å². The highest BCUT2D eigenvalue weighted by molar-refractivity contribution is 5.93. The number of carbonyl (C=O) groups is 5. The highest BCUT2D eigenvalue weighted by atomic mass is 19.2. The standard InChI is InChI=1S/C28H30F2N4O5.C17H13F2NO4/c1-17-4-3-5-19(12-17)28(16-31)9-8-23(20(14-28)25(35)38-2)32-10-11-33-26(36)34-24(15-39-27(34)37)18-6-7-21(29)22(30)13-18;1-10-2-5-12(6-3-10)24-17(22)20-15(9-23-16(20)21)11-4-7-13(18)14(19)8-11/h3-7,12-13,20,23-24,32H,8-11,14-15H2,1-2H3,(H,33,36);2-8,15H,9H2,1H3. The van der Waals surface area contributed by atoms with Crippen molar-refractivity contribution in [2.24, 2.45) is 5.92 Å². The summed E-state index contributed by atoms with van der Waals surface area (Å²) in [5.41, 5.74) is 2.53. The van der Waals surface area contributed by atoms with Crippen molar-refractivity contribution in [1.82, 2.24) is 20.4 Å². The van der Waals surface area contributed by atoms with Crippen molar-refractivity contribution in [1.29, 1.82) is 5.26 Å². The summed E-state index contributed by atoms with van der Waals surface area (Å²) in [6.07, 6.45) is -1.37. The Balaban J connectivity index is 0.000000235. The zero-order valence-corrected chi connectivity index (χ0v) is 34.4. The summed E-state index contributed by atoms with van der Waals surface area (Å²) in [7, 11) is 1.31. The Kier molecular flexibility index (Phi) is 14.3. The zero-order valence-electron chi connectivity index (χ0n) is 34.4. The van der Waals surface area contributed by atoms with Gasteiger partial charge < -0.3 is 29.6 Å². The number of nitrogens with zero attached hydrogens (tertiary/aromatic N) is 3. The molecule has 0 bridgehead atoms. The van der Waals surface area contributed by atoms with Crippen molar-refractivity contribution >= 4 is 30.3 Å². The summed E-state index contributed by atoms with van der Waals surface area (Å²) in [6, 6.07) is 20.3. The summed E-state index contributed by atoms with van der Waals surface area (Å²) < 4.78 is 73.5. The first kappa shape index (κ1) is 45.5. The maximum Gasteiger partial charge on any atom is 0.425 e. The van der Waals surface area contributed by atoms with Crippen molar-refractivity contribution in [3.8, 4) is 11.8 Å². The molecule has 63 heavy (non-hydrogen) atoms. The molecule has 18 heteroatoms. The summed E-state index contributed by atoms with van der Waals surface area (Å²) in [5.74, 6) is -4.95. The second kappa shape index (κ2) is 19.8. The van der Waals surface area contributed by atoms with Gasteiger partial charge >= 0.3 is 30.3 Å². The van der Waals surface area contributed by atoms with Gasteiger partial charge in [-0.05, 0) is 86.2 Å². The number of cyclic esters (lactones) is 2. The van der Waals surface area contributed by atoms with Crippen LogP contribution in [0.2, 0.25) is 0 Å². The van der Waals surface area contributed by atoms with Crippen LogP contribution in [0.4, 0.5) is 36.7 Å². The minimum Gasteiger partial charge on any atom is -0.469 e. The van der Waals surface area contributed by atoms with E-state index in [1.54, 1.807) is 24.3 Å². The number of nitrogens with one attached hydrogen (secondary N) is 2. The fraction of sp³-hybridized carbons (Fsp3) is 0.333. The number of carbonyl (C=O) groups excluding carboxylic acids is 5. The predicted octanol–water partition coefficient (Wildman–Crippen LogP) is 7.83. The number of ether oxygens (including phenoxy) is 4. The van der Waals surface area contributed by atoms with E-state index in [1.165, 1.54) is 19.2 Å². The van der Waals surface area contributed by atoms with Crippen LogP contribution in [0.1, 0.15) is 59.2 Å². The molecule has 1 aliphatic carbocycles. The monoisotopic (exact) mass is 873 g/mol. The van der Waals surface area contributed by atoms with E-state index in [0.717, 1.165) is 50.8 Å². The molecule has 4 aromatic carbocycles. The number of esters is 1. The van der Waals surface area contributed by atoms with E-state index >= 15 is 0 Å². The third-order valence-corrected chi connectivity index (χ3v) is 11.1. The molecule has 2 saturated heterocycles. The fourth-order valence-corrected chi connectivity index (χ4v) is 7.70. The van der Waals surface area contributed by atoms with Gasteiger partial charge in [-0.15, -0.1) is 0 Å². The Morgan fingerprint density at radius 3 is 1.97 bits per heavy atom. The molecule has 0 aromatic heterocycles. The molecule has 5 amide bonds. The molecule has 4 aromatic rings. The SMILES string of the molecule is COC(=O)C1CC(C#N)(c2cccc(C)c2)CCC1NCCNC(=O)N1C(=O)OCC1c1ccc(F)c(F)c1.Cc1ccc(OC(=O)N2C(=O)OCC2c2ccc(F)c(F)c2)cc1. The number of amides is 5. The third kappa shape index (κ3) is 10.4. The van der Waals surface area contributed by atoms with Gasteiger partial charge in [-0.3, -0.25) is 4.79 Å². The normalized spacial score (nSPS) is 21.6. The van der Waals surface area contributed by atoms with E-state index in [4.69, 9.17) is 18.9 Å². The lowest BCUT2D eigenvalue weighted by atomic mass is 9.65. The predicted molar refractivity (Wildman–Crippen MR) is 215 cm³/mol. The molecule has 0 radical (unpaired) electrons. The zero-order chi connectivity index (χ0) is 45.4. The summed E-state index contributed by atoms with van der Waals surface area (Å²) in [5, 5.41) is 16.0. The van der Waals surface area contributed by atoms with Gasteiger partial charge in [0.15, 0.2) is 23.3 Å². The molecule has 0 spiro atoms. The number of hydrogen-bond donors (Lipinski definition) is 2. The number of rotatable bonds is 9. The van der Waals surface area contributed by atoms with Crippen molar-refractivity contribution in [2.75, 3.05) is 33.4 Å². The van der Waals surface area contributed by atoms with Crippen LogP contribution in [-0.2, 0) is 24.4 Å². The highest BCUT2D eigenvalue weighted by Gasteiger charge is 2.46. The summed E-state index contributed by atoms with van der Waals surface area (Å²) in [6.45, 7) is 3.87. The second-order valence-electron chi connectivity index (χ2n) is 15.2. The van der Waals surface area contributed by atoms with Crippen molar-refractivity contribution < 1.29 is 60.5 Å². The van der Waals surface area contributed by atoms with Crippen LogP contribution in [-0.4, -0.2) is 79.5 Å². The lowest BCUT2D eigenvalue weighted by Crippen LogP contribution is -2.51. The van der Waals surface area contributed by atoms with Crippen LogP contribution in [0.5, 0.6) is 5.75 Å². The quantitative estimate of drug-likeness (QED) is 0.0725. The average Bonchev–Trinajstić information content (AvgIpc) is 3.87. The third-order valence-electron chi connectivity index (χ3n) is 11.1. The van der Waals surface area contributed by atoms with E-state index < -0.39 is 77.0 Å². The summed E-state index contributed by atoms with van der Waals surface area (Å²) in [4.78, 5) is 63.3. The van der Waals surface area contributed by atoms with Crippen LogP contribution in [0.3, 0.4) is 0 Å². The van der Waals surface area contributed by atoms with E-state index in [1.807, 2.05) is 38.1 Å². The molecule has 5 unspecified atom stereocenters. The van der Waals surface area contributed by atoms with Gasteiger partial charge in [-0.2, -0.15) is 5.26 Å². The molecular formula is C45H43F4N5O9. The second-order valence-corrected chi connectivity index (χ2v) is 15.2. The molecule has 2 heterocycles. The molecule has 1 saturated carbocycles. The molecule has 2 aliphatic heterocycles. The number of nitriles is 1. The Bertz CT molecular complexity index is 2420. The van der Waals surface area contributed by atoms with Crippen LogP contribution in [0.25, 0.3) is 0 Å². The number of methoxy groups -OCH3 is 1. The molecule has 7 rings (SSSR count). The van der Waals surface area contributed by atoms with E-state index in [9.17, 15) is 46.8 Å². The number of hydrogen-bond acceptors (Lipinski definition) is 11. The largest absolute Gasteiger partial charge is 0.469 e. The van der Waals surface area contributed by atoms with Gasteiger partial charge in [0.05, 0.1) is 24.5 Å². The van der Waals surface area contributed by atoms with Gasteiger partial charge in [0, 0.05) is 19.1 Å². The first-order chi connectivity index (χ1) is 30.1. The van der Waals surface area contributed by atoms with Crippen molar-refractivity contribution in [3.63, 3.8) is 0 Å². The van der Waals surface area contributed by atoms with Crippen LogP contribution in [0, 0.1) is 54.4 Å². The molecule has 2 N–H and O–H groups in total. The maximum atomic E-state index is 13.7. The lowest BCUT2D eigenvalue weighted by molar-refractivity contribution is -0.148. The number of benzene rings is 4. The Hall–Kier alpha value is -7.00. The Labute approximate surface area is 359 Å². The molecular weight excluding hydrogens is 831 g/mol. The highest BCUT2D eigenvalue weighted by Crippen LogP contribution is 2.42. The van der Waals surface area contributed by atoms with Crippen molar-refractivity contribution in [3.05, 3.63) is 136 Å². The van der Waals surface area contributed by atoms with Crippen LogP contribution in [0.15, 0.2) is 84.9 Å². The number of halogens is 4. The summed E-state index contributed by atoms with van der Waals surface area (Å²) >= 11 is 0. The first-order valence-corrected chi connectivity index (χ1v) is 19.8. The van der Waals surface area contributed by atoms with Crippen LogP contribution < -0.4 is 15.4 Å². The number of aryl methyl sites for hydroxylation is 2. The van der Waals surface area contributed by atoms with Gasteiger partial charge in [-0.1, -0.05) is 59.7 Å². The number of imide groups is 2. The molecule has 14 nitrogen and oxygen atoms in total. The minimum absolute atomic E-state index is 0.110. The number of urea groups is 1.